The van der Waals surface area contributed by atoms with Crippen LogP contribution in [0.25, 0.3) is 0 Å². The van der Waals surface area contributed by atoms with Gasteiger partial charge in [0.15, 0.2) is 5.82 Å². The first-order valence-electron chi connectivity index (χ1n) is 7.21. The van der Waals surface area contributed by atoms with Gasteiger partial charge in [0.2, 0.25) is 0 Å². The van der Waals surface area contributed by atoms with Crippen LogP contribution in [0, 0.1) is 12.7 Å². The number of carbonyl (C=O) groups excluding carboxylic acids is 1. The zero-order valence-corrected chi connectivity index (χ0v) is 12.9. The summed E-state index contributed by atoms with van der Waals surface area (Å²) in [4.78, 5) is 18.8. The first-order chi connectivity index (χ1) is 10.6. The molecule has 0 saturated carbocycles. The number of nitrogens with zero attached hydrogens (tertiary/aromatic N) is 3. The number of piperidine rings is 1. The average molecular weight is 323 g/mol. The molecule has 1 atom stereocenters. The van der Waals surface area contributed by atoms with Gasteiger partial charge in [-0.2, -0.15) is 5.10 Å². The molecule has 0 bridgehead atoms. The molecule has 1 saturated heterocycles. The predicted molar refractivity (Wildman–Crippen MR) is 80.2 cm³/mol. The van der Waals surface area contributed by atoms with Gasteiger partial charge in [0.25, 0.3) is 5.91 Å². The summed E-state index contributed by atoms with van der Waals surface area (Å²) in [6.45, 7) is 2.44. The Labute approximate surface area is 132 Å². The molecule has 2 aromatic rings. The number of rotatable bonds is 2. The van der Waals surface area contributed by atoms with Gasteiger partial charge in [-0.25, -0.2) is 9.37 Å². The Morgan fingerprint density at radius 2 is 2.27 bits per heavy atom. The lowest BCUT2D eigenvalue weighted by atomic mass is 10.00. The molecule has 2 heterocycles. The number of carbonyl (C=O) groups is 1. The van der Waals surface area contributed by atoms with Crippen LogP contribution in [0.15, 0.2) is 18.2 Å². The smallest absolute Gasteiger partial charge is 0.255 e. The highest BCUT2D eigenvalue weighted by atomic mass is 35.5. The third-order valence-corrected chi connectivity index (χ3v) is 4.15. The fourth-order valence-corrected chi connectivity index (χ4v) is 3.02. The zero-order chi connectivity index (χ0) is 15.7. The Morgan fingerprint density at radius 1 is 1.45 bits per heavy atom. The molecule has 1 aromatic carbocycles. The van der Waals surface area contributed by atoms with E-state index in [0.29, 0.717) is 23.8 Å². The second kappa shape index (κ2) is 6.04. The molecule has 116 valence electrons. The van der Waals surface area contributed by atoms with Gasteiger partial charge in [-0.05, 0) is 44.4 Å². The minimum atomic E-state index is -0.457. The van der Waals surface area contributed by atoms with Crippen molar-refractivity contribution in [1.82, 2.24) is 20.1 Å². The molecule has 1 aliphatic heterocycles. The van der Waals surface area contributed by atoms with Crippen molar-refractivity contribution in [2.45, 2.75) is 32.2 Å². The second-order valence-corrected chi connectivity index (χ2v) is 5.82. The van der Waals surface area contributed by atoms with E-state index in [4.69, 9.17) is 11.6 Å². The molecular formula is C15H16ClFN4O. The molecule has 1 aromatic heterocycles. The van der Waals surface area contributed by atoms with Crippen LogP contribution < -0.4 is 0 Å². The number of H-pyrrole nitrogens is 1. The third kappa shape index (κ3) is 2.83. The largest absolute Gasteiger partial charge is 0.328 e. The van der Waals surface area contributed by atoms with E-state index in [1.54, 1.807) is 4.90 Å². The van der Waals surface area contributed by atoms with Gasteiger partial charge in [-0.1, -0.05) is 11.6 Å². The number of hydrogen-bond acceptors (Lipinski definition) is 3. The summed E-state index contributed by atoms with van der Waals surface area (Å²) in [6, 6.07) is 3.65. The maximum absolute atomic E-state index is 13.2. The van der Waals surface area contributed by atoms with E-state index in [1.807, 2.05) is 6.92 Å². The van der Waals surface area contributed by atoms with E-state index < -0.39 is 5.82 Å². The Hall–Kier alpha value is -1.95. The average Bonchev–Trinajstić information content (AvgIpc) is 2.93. The van der Waals surface area contributed by atoms with Gasteiger partial charge in [0.1, 0.15) is 11.6 Å². The molecule has 0 radical (unpaired) electrons. The van der Waals surface area contributed by atoms with E-state index >= 15 is 0 Å². The van der Waals surface area contributed by atoms with Crippen LogP contribution >= 0.6 is 11.6 Å². The molecule has 1 N–H and O–H groups in total. The molecule has 7 heteroatoms. The molecule has 1 aliphatic rings. The van der Waals surface area contributed by atoms with Gasteiger partial charge in [0.05, 0.1) is 16.6 Å². The standard InChI is InChI=1S/C15H16ClFN4O/c1-9-18-14(20-19-9)13-4-2-3-7-21(13)15(22)11-6-5-10(17)8-12(11)16/h5-6,8,13H,2-4,7H2,1H3,(H,18,19,20)/t13-/m1/s1. The van der Waals surface area contributed by atoms with Crippen molar-refractivity contribution in [3.05, 3.63) is 46.3 Å². The van der Waals surface area contributed by atoms with Crippen molar-refractivity contribution < 1.29 is 9.18 Å². The first kappa shape index (κ1) is 15.0. The van der Waals surface area contributed by atoms with Gasteiger partial charge in [0, 0.05) is 6.54 Å². The summed E-state index contributed by atoms with van der Waals surface area (Å²) in [5, 5.41) is 7.11. The van der Waals surface area contributed by atoms with E-state index in [2.05, 4.69) is 15.2 Å². The maximum atomic E-state index is 13.2. The number of hydrogen-bond donors (Lipinski definition) is 1. The molecule has 5 nitrogen and oxygen atoms in total. The molecule has 3 rings (SSSR count). The van der Waals surface area contributed by atoms with Crippen molar-refractivity contribution in [2.75, 3.05) is 6.54 Å². The van der Waals surface area contributed by atoms with Crippen LogP contribution in [0.1, 0.15) is 47.3 Å². The van der Waals surface area contributed by atoms with Crippen LogP contribution in [-0.2, 0) is 0 Å². The van der Waals surface area contributed by atoms with Gasteiger partial charge < -0.3 is 4.90 Å². The highest BCUT2D eigenvalue weighted by Gasteiger charge is 2.32. The van der Waals surface area contributed by atoms with Crippen LogP contribution in [0.4, 0.5) is 4.39 Å². The van der Waals surface area contributed by atoms with Gasteiger partial charge in [-0.15, -0.1) is 0 Å². The Kier molecular flexibility index (Phi) is 4.11. The van der Waals surface area contributed by atoms with E-state index in [-0.39, 0.29) is 17.0 Å². The molecule has 1 fully saturated rings. The Bertz CT molecular complexity index is 703. The van der Waals surface area contributed by atoms with E-state index in [1.165, 1.54) is 12.1 Å². The Morgan fingerprint density at radius 3 is 2.95 bits per heavy atom. The number of halogens is 2. The lowest BCUT2D eigenvalue weighted by Crippen LogP contribution is -2.39. The quantitative estimate of drug-likeness (QED) is 0.923. The number of likely N-dealkylation sites (tertiary alicyclic amines) is 1. The van der Waals surface area contributed by atoms with Crippen LogP contribution in [-0.4, -0.2) is 32.5 Å². The van der Waals surface area contributed by atoms with Crippen molar-refractivity contribution in [3.63, 3.8) is 0 Å². The van der Waals surface area contributed by atoms with Crippen molar-refractivity contribution >= 4 is 17.5 Å². The molecule has 0 unspecified atom stereocenters. The number of aromatic amines is 1. The van der Waals surface area contributed by atoms with Crippen molar-refractivity contribution in [2.24, 2.45) is 0 Å². The predicted octanol–water partition coefficient (Wildman–Crippen LogP) is 3.27. The molecular weight excluding hydrogens is 307 g/mol. The minimum absolute atomic E-state index is 0.125. The fourth-order valence-electron chi connectivity index (χ4n) is 2.77. The molecule has 22 heavy (non-hydrogen) atoms. The highest BCUT2D eigenvalue weighted by molar-refractivity contribution is 6.33. The monoisotopic (exact) mass is 322 g/mol. The topological polar surface area (TPSA) is 61.9 Å². The minimum Gasteiger partial charge on any atom is -0.328 e. The highest BCUT2D eigenvalue weighted by Crippen LogP contribution is 2.31. The number of aromatic nitrogens is 3. The molecule has 0 aliphatic carbocycles. The number of nitrogens with one attached hydrogen (secondary N) is 1. The van der Waals surface area contributed by atoms with E-state index in [0.717, 1.165) is 25.3 Å². The van der Waals surface area contributed by atoms with Gasteiger partial charge in [-0.3, -0.25) is 9.89 Å². The summed E-state index contributed by atoms with van der Waals surface area (Å²) in [5.74, 6) is 0.662. The first-order valence-corrected chi connectivity index (χ1v) is 7.59. The third-order valence-electron chi connectivity index (χ3n) is 3.84. The lowest BCUT2D eigenvalue weighted by Gasteiger charge is -2.34. The van der Waals surface area contributed by atoms with Gasteiger partial charge >= 0.3 is 0 Å². The Balaban J connectivity index is 1.91. The summed E-state index contributed by atoms with van der Waals surface area (Å²) in [6.07, 6.45) is 2.74. The fraction of sp³-hybridized carbons (Fsp3) is 0.400. The molecule has 1 amide bonds. The number of amides is 1. The second-order valence-electron chi connectivity index (χ2n) is 5.41. The maximum Gasteiger partial charge on any atom is 0.255 e. The SMILES string of the molecule is Cc1nc([C@H]2CCCCN2C(=O)c2ccc(F)cc2Cl)n[nH]1. The zero-order valence-electron chi connectivity index (χ0n) is 12.1. The lowest BCUT2D eigenvalue weighted by molar-refractivity contribution is 0.0600. The van der Waals surface area contributed by atoms with Crippen LogP contribution in [0.3, 0.4) is 0 Å². The number of benzene rings is 1. The normalized spacial score (nSPS) is 18.5. The van der Waals surface area contributed by atoms with Crippen molar-refractivity contribution in [3.8, 4) is 0 Å². The summed E-state index contributed by atoms with van der Waals surface area (Å²) < 4.78 is 13.2. The number of aryl methyl sites for hydroxylation is 1. The summed E-state index contributed by atoms with van der Waals surface area (Å²) >= 11 is 6.02. The van der Waals surface area contributed by atoms with Crippen LogP contribution in [0.5, 0.6) is 0 Å². The summed E-state index contributed by atoms with van der Waals surface area (Å²) in [5.41, 5.74) is 0.308. The van der Waals surface area contributed by atoms with Crippen molar-refractivity contribution in [1.29, 1.82) is 0 Å². The van der Waals surface area contributed by atoms with E-state index in [9.17, 15) is 9.18 Å². The summed E-state index contributed by atoms with van der Waals surface area (Å²) in [7, 11) is 0. The molecule has 0 spiro atoms. The van der Waals surface area contributed by atoms with Crippen LogP contribution in [0.2, 0.25) is 5.02 Å².